The molecule has 0 amide bonds. The summed E-state index contributed by atoms with van der Waals surface area (Å²) < 4.78 is 19.0. The number of rotatable bonds is 4. The van der Waals surface area contributed by atoms with Crippen molar-refractivity contribution in [2.75, 3.05) is 0 Å². The SMILES string of the molecule is CC(C)Oc1ccc(C(Cl)c2ccc(Cl)c(F)c2)cc1. The number of benzene rings is 2. The quantitative estimate of drug-likeness (QED) is 0.668. The number of halogens is 3. The molecule has 0 spiro atoms. The van der Waals surface area contributed by atoms with E-state index in [9.17, 15) is 4.39 Å². The van der Waals surface area contributed by atoms with Crippen LogP contribution in [0, 0.1) is 5.82 Å². The second kappa shape index (κ2) is 6.47. The molecule has 0 saturated carbocycles. The van der Waals surface area contributed by atoms with E-state index >= 15 is 0 Å². The lowest BCUT2D eigenvalue weighted by molar-refractivity contribution is 0.242. The molecule has 2 aromatic rings. The van der Waals surface area contributed by atoms with Crippen molar-refractivity contribution in [1.82, 2.24) is 0 Å². The summed E-state index contributed by atoms with van der Waals surface area (Å²) in [5.41, 5.74) is 1.55. The Bertz CT molecular complexity index is 582. The summed E-state index contributed by atoms with van der Waals surface area (Å²) in [6, 6.07) is 12.1. The molecule has 2 aromatic carbocycles. The summed E-state index contributed by atoms with van der Waals surface area (Å²) in [6.45, 7) is 3.93. The van der Waals surface area contributed by atoms with Gasteiger partial charge in [0.15, 0.2) is 0 Å². The van der Waals surface area contributed by atoms with Crippen molar-refractivity contribution in [3.63, 3.8) is 0 Å². The van der Waals surface area contributed by atoms with Gasteiger partial charge in [0.1, 0.15) is 11.6 Å². The highest BCUT2D eigenvalue weighted by atomic mass is 35.5. The van der Waals surface area contributed by atoms with E-state index in [1.807, 2.05) is 38.1 Å². The van der Waals surface area contributed by atoms with Crippen molar-refractivity contribution in [2.24, 2.45) is 0 Å². The molecule has 1 atom stereocenters. The van der Waals surface area contributed by atoms with Gasteiger partial charge in [-0.05, 0) is 49.2 Å². The zero-order valence-corrected chi connectivity index (χ0v) is 12.8. The number of hydrogen-bond donors (Lipinski definition) is 0. The van der Waals surface area contributed by atoms with Crippen LogP contribution in [0.1, 0.15) is 30.4 Å². The summed E-state index contributed by atoms with van der Waals surface area (Å²) >= 11 is 12.0. The molecule has 1 nitrogen and oxygen atoms in total. The lowest BCUT2D eigenvalue weighted by atomic mass is 10.0. The van der Waals surface area contributed by atoms with Gasteiger partial charge >= 0.3 is 0 Å². The van der Waals surface area contributed by atoms with Crippen molar-refractivity contribution in [1.29, 1.82) is 0 Å². The zero-order valence-electron chi connectivity index (χ0n) is 11.2. The molecular weight excluding hydrogens is 298 g/mol. The molecule has 20 heavy (non-hydrogen) atoms. The first-order valence-electron chi connectivity index (χ1n) is 6.33. The van der Waals surface area contributed by atoms with Gasteiger partial charge in [-0.25, -0.2) is 4.39 Å². The first-order chi connectivity index (χ1) is 9.47. The number of hydrogen-bond acceptors (Lipinski definition) is 1. The second-order valence-corrected chi connectivity index (χ2v) is 5.62. The van der Waals surface area contributed by atoms with Crippen LogP contribution in [-0.4, -0.2) is 6.10 Å². The van der Waals surface area contributed by atoms with E-state index in [1.54, 1.807) is 6.07 Å². The van der Waals surface area contributed by atoms with Crippen molar-refractivity contribution in [2.45, 2.75) is 25.3 Å². The third-order valence-electron chi connectivity index (χ3n) is 2.78. The molecule has 0 aliphatic rings. The maximum atomic E-state index is 13.5. The van der Waals surface area contributed by atoms with E-state index in [2.05, 4.69) is 0 Å². The minimum Gasteiger partial charge on any atom is -0.491 e. The first kappa shape index (κ1) is 15.1. The molecule has 0 fully saturated rings. The molecule has 0 N–H and O–H groups in total. The fourth-order valence-corrected chi connectivity index (χ4v) is 2.25. The van der Waals surface area contributed by atoms with Crippen LogP contribution in [0.25, 0.3) is 0 Å². The third kappa shape index (κ3) is 3.65. The molecule has 0 bridgehead atoms. The fraction of sp³-hybridized carbons (Fsp3) is 0.250. The van der Waals surface area contributed by atoms with Gasteiger partial charge in [0.05, 0.1) is 16.5 Å². The van der Waals surface area contributed by atoms with Crippen molar-refractivity contribution >= 4 is 23.2 Å². The Morgan fingerprint density at radius 3 is 2.15 bits per heavy atom. The van der Waals surface area contributed by atoms with E-state index in [0.29, 0.717) is 5.56 Å². The minimum atomic E-state index is -0.463. The molecule has 2 rings (SSSR count). The summed E-state index contributed by atoms with van der Waals surface area (Å²) in [6.07, 6.45) is 0.123. The van der Waals surface area contributed by atoms with Crippen LogP contribution in [0.2, 0.25) is 5.02 Å². The van der Waals surface area contributed by atoms with Gasteiger partial charge < -0.3 is 4.74 Å². The summed E-state index contributed by atoms with van der Waals surface area (Å²) in [5, 5.41) is -0.326. The molecule has 4 heteroatoms. The van der Waals surface area contributed by atoms with Crippen LogP contribution in [0.15, 0.2) is 42.5 Å². The van der Waals surface area contributed by atoms with Gasteiger partial charge in [-0.3, -0.25) is 0 Å². The first-order valence-corrected chi connectivity index (χ1v) is 7.14. The van der Waals surface area contributed by atoms with Crippen LogP contribution >= 0.6 is 23.2 Å². The monoisotopic (exact) mass is 312 g/mol. The van der Waals surface area contributed by atoms with E-state index in [1.165, 1.54) is 12.1 Å². The van der Waals surface area contributed by atoms with Crippen LogP contribution in [0.5, 0.6) is 5.75 Å². The topological polar surface area (TPSA) is 9.23 Å². The number of alkyl halides is 1. The molecule has 0 aliphatic carbocycles. The molecule has 0 aliphatic heterocycles. The van der Waals surface area contributed by atoms with Gasteiger partial charge in [-0.2, -0.15) is 0 Å². The highest BCUT2D eigenvalue weighted by molar-refractivity contribution is 6.30. The van der Waals surface area contributed by atoms with Gasteiger partial charge in [0.2, 0.25) is 0 Å². The highest BCUT2D eigenvalue weighted by Gasteiger charge is 2.13. The standard InChI is InChI=1S/C16H15Cl2FO/c1-10(2)20-13-6-3-11(4-7-13)16(18)12-5-8-14(17)15(19)9-12/h3-10,16H,1-2H3. The van der Waals surface area contributed by atoms with Gasteiger partial charge in [-0.1, -0.05) is 29.8 Å². The van der Waals surface area contributed by atoms with Gasteiger partial charge in [0.25, 0.3) is 0 Å². The summed E-state index contributed by atoms with van der Waals surface area (Å²) in [5.74, 6) is 0.324. The Labute approximate surface area is 128 Å². The minimum absolute atomic E-state index is 0.0956. The predicted molar refractivity (Wildman–Crippen MR) is 81.3 cm³/mol. The molecule has 0 saturated heterocycles. The lowest BCUT2D eigenvalue weighted by Crippen LogP contribution is -2.05. The number of ether oxygens (including phenoxy) is 1. The van der Waals surface area contributed by atoms with Crippen molar-refractivity contribution in [3.8, 4) is 5.75 Å². The fourth-order valence-electron chi connectivity index (χ4n) is 1.85. The summed E-state index contributed by atoms with van der Waals surface area (Å²) in [4.78, 5) is 0. The predicted octanol–water partition coefficient (Wildman–Crippen LogP) is 5.59. The van der Waals surface area contributed by atoms with Gasteiger partial charge in [-0.15, -0.1) is 11.6 Å². The zero-order chi connectivity index (χ0) is 14.7. The maximum Gasteiger partial charge on any atom is 0.142 e. The Hall–Kier alpha value is -1.25. The van der Waals surface area contributed by atoms with Gasteiger partial charge in [0, 0.05) is 0 Å². The normalized spacial score (nSPS) is 12.5. The Morgan fingerprint density at radius 1 is 1.00 bits per heavy atom. The summed E-state index contributed by atoms with van der Waals surface area (Å²) in [7, 11) is 0. The van der Waals surface area contributed by atoms with E-state index in [4.69, 9.17) is 27.9 Å². The average Bonchev–Trinajstić information content (AvgIpc) is 2.41. The lowest BCUT2D eigenvalue weighted by Gasteiger charge is -2.13. The Kier molecular flexibility index (Phi) is 4.90. The van der Waals surface area contributed by atoms with Crippen molar-refractivity contribution < 1.29 is 9.13 Å². The smallest absolute Gasteiger partial charge is 0.142 e. The molecular formula is C16H15Cl2FO. The molecule has 0 radical (unpaired) electrons. The van der Waals surface area contributed by atoms with Crippen molar-refractivity contribution in [3.05, 3.63) is 64.4 Å². The Morgan fingerprint density at radius 2 is 1.60 bits per heavy atom. The van der Waals surface area contributed by atoms with E-state index in [0.717, 1.165) is 11.3 Å². The molecule has 0 heterocycles. The highest BCUT2D eigenvalue weighted by Crippen LogP contribution is 2.31. The largest absolute Gasteiger partial charge is 0.491 e. The van der Waals surface area contributed by atoms with Crippen LogP contribution in [0.3, 0.4) is 0 Å². The average molecular weight is 313 g/mol. The van der Waals surface area contributed by atoms with Crippen LogP contribution < -0.4 is 4.74 Å². The maximum absolute atomic E-state index is 13.5. The van der Waals surface area contributed by atoms with E-state index < -0.39 is 11.2 Å². The van der Waals surface area contributed by atoms with Crippen LogP contribution in [0.4, 0.5) is 4.39 Å². The Balaban J connectivity index is 2.20. The molecule has 1 unspecified atom stereocenters. The second-order valence-electron chi connectivity index (χ2n) is 4.77. The van der Waals surface area contributed by atoms with Crippen LogP contribution in [-0.2, 0) is 0 Å². The third-order valence-corrected chi connectivity index (χ3v) is 3.59. The van der Waals surface area contributed by atoms with E-state index in [-0.39, 0.29) is 11.1 Å². The molecule has 106 valence electrons. The molecule has 0 aromatic heterocycles.